The van der Waals surface area contributed by atoms with E-state index in [1.165, 1.54) is 32.3 Å². The van der Waals surface area contributed by atoms with Crippen LogP contribution in [0.2, 0.25) is 5.02 Å². The van der Waals surface area contributed by atoms with Gasteiger partial charge in [0.1, 0.15) is 12.1 Å². The highest BCUT2D eigenvalue weighted by molar-refractivity contribution is 6.31. The lowest BCUT2D eigenvalue weighted by Crippen LogP contribution is -2.18. The Balaban J connectivity index is 1.37. The zero-order chi connectivity index (χ0) is 23.1. The number of benzene rings is 2. The Hall–Kier alpha value is -2.64. The first-order chi connectivity index (χ1) is 15.9. The van der Waals surface area contributed by atoms with Crippen molar-refractivity contribution in [3.63, 3.8) is 0 Å². The standard InChI is InChI=1S/C25H28ClFN4O2/c1-14-19(26)4-5-20(24(14)27)30-25-18-8-22(32-3)23(9-21(18)28-13-29-25)33-12-15-6-16-10-31(2)11-17(16)7-15/h4-5,8-9,13,15-17H,6-7,10-12H2,1-3H3,(H,28,29,30)/t15-,16-,17+. The fourth-order valence-electron chi connectivity index (χ4n) is 5.33. The SMILES string of the molecule is COc1cc2c(Nc3ccc(Cl)c(C)c3F)ncnc2cc1OC[C@@H]1C[C@@H]2CN(C)C[C@@H]2C1. The van der Waals surface area contributed by atoms with E-state index in [1.54, 1.807) is 26.2 Å². The van der Waals surface area contributed by atoms with E-state index in [-0.39, 0.29) is 0 Å². The molecule has 0 unspecified atom stereocenters. The number of methoxy groups -OCH3 is 1. The second kappa shape index (κ2) is 8.95. The molecular weight excluding hydrogens is 443 g/mol. The second-order valence-electron chi connectivity index (χ2n) is 9.29. The van der Waals surface area contributed by atoms with Crippen molar-refractivity contribution < 1.29 is 13.9 Å². The molecule has 33 heavy (non-hydrogen) atoms. The van der Waals surface area contributed by atoms with Gasteiger partial charge in [-0.3, -0.25) is 0 Å². The molecule has 0 spiro atoms. The Morgan fingerprint density at radius 1 is 1.15 bits per heavy atom. The molecule has 2 fully saturated rings. The molecule has 2 aliphatic rings. The molecule has 1 aliphatic heterocycles. The van der Waals surface area contributed by atoms with E-state index < -0.39 is 5.82 Å². The number of fused-ring (bicyclic) bond motifs is 2. The van der Waals surface area contributed by atoms with Gasteiger partial charge in [-0.1, -0.05) is 11.6 Å². The van der Waals surface area contributed by atoms with Crippen molar-refractivity contribution in [2.75, 3.05) is 39.2 Å². The molecule has 174 valence electrons. The molecule has 1 N–H and O–H groups in total. The van der Waals surface area contributed by atoms with Gasteiger partial charge in [0.2, 0.25) is 0 Å². The highest BCUT2D eigenvalue weighted by Crippen LogP contribution is 2.42. The van der Waals surface area contributed by atoms with Crippen LogP contribution in [0.3, 0.4) is 0 Å². The van der Waals surface area contributed by atoms with E-state index in [0.717, 1.165) is 11.8 Å². The quantitative estimate of drug-likeness (QED) is 0.517. The summed E-state index contributed by atoms with van der Waals surface area (Å²) in [5.41, 5.74) is 1.38. The van der Waals surface area contributed by atoms with Crippen molar-refractivity contribution in [3.8, 4) is 11.5 Å². The number of halogens is 2. The fourth-order valence-corrected chi connectivity index (χ4v) is 5.47. The molecule has 3 atom stereocenters. The first-order valence-electron chi connectivity index (χ1n) is 11.3. The summed E-state index contributed by atoms with van der Waals surface area (Å²) in [5.74, 6) is 3.49. The molecule has 0 bridgehead atoms. The van der Waals surface area contributed by atoms with Gasteiger partial charge >= 0.3 is 0 Å². The van der Waals surface area contributed by atoms with Crippen LogP contribution in [0.15, 0.2) is 30.6 Å². The number of ether oxygens (including phenoxy) is 2. The molecule has 6 nitrogen and oxygen atoms in total. The monoisotopic (exact) mass is 470 g/mol. The lowest BCUT2D eigenvalue weighted by atomic mass is 10.0. The maximum atomic E-state index is 14.7. The average Bonchev–Trinajstić information content (AvgIpc) is 3.34. The normalized spacial score (nSPS) is 22.5. The summed E-state index contributed by atoms with van der Waals surface area (Å²) in [4.78, 5) is 11.2. The van der Waals surface area contributed by atoms with Gasteiger partial charge in [-0.15, -0.1) is 0 Å². The molecule has 2 heterocycles. The zero-order valence-electron chi connectivity index (χ0n) is 19.1. The predicted molar refractivity (Wildman–Crippen MR) is 128 cm³/mol. The first-order valence-corrected chi connectivity index (χ1v) is 11.7. The molecule has 8 heteroatoms. The smallest absolute Gasteiger partial charge is 0.163 e. The predicted octanol–water partition coefficient (Wildman–Crippen LogP) is 5.45. The Morgan fingerprint density at radius 2 is 1.91 bits per heavy atom. The molecular formula is C25H28ClFN4O2. The summed E-state index contributed by atoms with van der Waals surface area (Å²) in [6.45, 7) is 4.70. The van der Waals surface area contributed by atoms with Gasteiger partial charge in [-0.2, -0.15) is 0 Å². The summed E-state index contributed by atoms with van der Waals surface area (Å²) in [6.07, 6.45) is 3.89. The number of likely N-dealkylation sites (tertiary alicyclic amines) is 1. The van der Waals surface area contributed by atoms with Gasteiger partial charge in [0, 0.05) is 35.1 Å². The summed E-state index contributed by atoms with van der Waals surface area (Å²) >= 11 is 6.03. The van der Waals surface area contributed by atoms with Crippen LogP contribution >= 0.6 is 11.6 Å². The summed E-state index contributed by atoms with van der Waals surface area (Å²) in [7, 11) is 3.82. The zero-order valence-corrected chi connectivity index (χ0v) is 19.8. The van der Waals surface area contributed by atoms with E-state index in [4.69, 9.17) is 21.1 Å². The van der Waals surface area contributed by atoms with Crippen LogP contribution in [0.5, 0.6) is 11.5 Å². The van der Waals surface area contributed by atoms with E-state index in [1.807, 2.05) is 12.1 Å². The summed E-state index contributed by atoms with van der Waals surface area (Å²) in [6, 6.07) is 6.97. The number of nitrogens with one attached hydrogen (secondary N) is 1. The highest BCUT2D eigenvalue weighted by Gasteiger charge is 2.39. The Morgan fingerprint density at radius 3 is 2.64 bits per heavy atom. The number of hydrogen-bond donors (Lipinski definition) is 1. The fraction of sp³-hybridized carbons (Fsp3) is 0.440. The topological polar surface area (TPSA) is 59.5 Å². The lowest BCUT2D eigenvalue weighted by molar-refractivity contribution is 0.227. The van der Waals surface area contributed by atoms with Crippen LogP contribution in [0.25, 0.3) is 10.9 Å². The van der Waals surface area contributed by atoms with Crippen LogP contribution in [-0.4, -0.2) is 48.7 Å². The highest BCUT2D eigenvalue weighted by atomic mass is 35.5. The minimum Gasteiger partial charge on any atom is -0.493 e. The number of aromatic nitrogens is 2. The molecule has 1 aliphatic carbocycles. The number of nitrogens with zero attached hydrogens (tertiary/aromatic N) is 3. The van der Waals surface area contributed by atoms with Crippen molar-refractivity contribution in [3.05, 3.63) is 47.0 Å². The van der Waals surface area contributed by atoms with Crippen LogP contribution in [0, 0.1) is 30.5 Å². The van der Waals surface area contributed by atoms with Crippen molar-refractivity contribution >= 4 is 34.0 Å². The van der Waals surface area contributed by atoms with E-state index >= 15 is 0 Å². The lowest BCUT2D eigenvalue weighted by Gasteiger charge is -2.18. The minimum atomic E-state index is -0.409. The molecule has 0 radical (unpaired) electrons. The Bertz CT molecular complexity index is 1180. The Labute approximate surface area is 198 Å². The summed E-state index contributed by atoms with van der Waals surface area (Å²) < 4.78 is 26.5. The van der Waals surface area contributed by atoms with Crippen LogP contribution in [-0.2, 0) is 0 Å². The van der Waals surface area contributed by atoms with Crippen molar-refractivity contribution in [1.82, 2.24) is 14.9 Å². The van der Waals surface area contributed by atoms with Crippen LogP contribution < -0.4 is 14.8 Å². The molecule has 1 saturated heterocycles. The molecule has 5 rings (SSSR count). The maximum Gasteiger partial charge on any atom is 0.163 e. The third-order valence-corrected chi connectivity index (χ3v) is 7.41. The third-order valence-electron chi connectivity index (χ3n) is 7.00. The number of anilines is 2. The van der Waals surface area contributed by atoms with Crippen LogP contribution in [0.1, 0.15) is 18.4 Å². The number of rotatable bonds is 6. The molecule has 2 aromatic carbocycles. The summed E-state index contributed by atoms with van der Waals surface area (Å²) in [5, 5.41) is 4.17. The van der Waals surface area contributed by atoms with Gasteiger partial charge in [0.05, 0.1) is 24.9 Å². The van der Waals surface area contributed by atoms with Gasteiger partial charge in [0.25, 0.3) is 0 Å². The van der Waals surface area contributed by atoms with Crippen LogP contribution in [0.4, 0.5) is 15.9 Å². The van der Waals surface area contributed by atoms with E-state index in [9.17, 15) is 4.39 Å². The van der Waals surface area contributed by atoms with Gasteiger partial charge in [-0.05, 0) is 62.8 Å². The van der Waals surface area contributed by atoms with Crippen molar-refractivity contribution in [1.29, 1.82) is 0 Å². The molecule has 1 saturated carbocycles. The maximum absolute atomic E-state index is 14.7. The third kappa shape index (κ3) is 4.32. The average molecular weight is 471 g/mol. The largest absolute Gasteiger partial charge is 0.493 e. The Kier molecular flexibility index (Phi) is 6.01. The molecule has 3 aromatic rings. The van der Waals surface area contributed by atoms with E-state index in [2.05, 4.69) is 27.2 Å². The van der Waals surface area contributed by atoms with Crippen molar-refractivity contribution in [2.24, 2.45) is 17.8 Å². The molecule has 1 aromatic heterocycles. The number of hydrogen-bond acceptors (Lipinski definition) is 6. The molecule has 0 amide bonds. The van der Waals surface area contributed by atoms with Gasteiger partial charge in [-0.25, -0.2) is 14.4 Å². The minimum absolute atomic E-state index is 0.300. The van der Waals surface area contributed by atoms with Gasteiger partial charge < -0.3 is 19.7 Å². The van der Waals surface area contributed by atoms with E-state index in [0.29, 0.717) is 57.0 Å². The second-order valence-corrected chi connectivity index (χ2v) is 9.70. The van der Waals surface area contributed by atoms with Crippen molar-refractivity contribution in [2.45, 2.75) is 19.8 Å². The van der Waals surface area contributed by atoms with Gasteiger partial charge in [0.15, 0.2) is 17.3 Å². The first kappa shape index (κ1) is 22.2.